The zero-order chi connectivity index (χ0) is 10.1. The molecular formula is C7H12Br4O2. The third kappa shape index (κ3) is 10.1. The molecule has 0 bridgehead atoms. The Morgan fingerprint density at radius 1 is 0.846 bits per heavy atom. The molecule has 0 spiro atoms. The largest absolute Gasteiger partial charge is 0.354 e. The molecule has 13 heavy (non-hydrogen) atoms. The van der Waals surface area contributed by atoms with Crippen molar-refractivity contribution in [1.29, 1.82) is 0 Å². The third-order valence-corrected chi connectivity index (χ3v) is 5.58. The fourth-order valence-corrected chi connectivity index (χ4v) is 1.25. The van der Waals surface area contributed by atoms with E-state index in [9.17, 15) is 0 Å². The number of rotatable bonds is 8. The van der Waals surface area contributed by atoms with E-state index in [-0.39, 0.29) is 0 Å². The van der Waals surface area contributed by atoms with E-state index in [0.717, 1.165) is 10.7 Å². The molecule has 0 aromatic heterocycles. The summed E-state index contributed by atoms with van der Waals surface area (Å²) >= 11 is 13.5. The highest BCUT2D eigenvalue weighted by Gasteiger charge is 2.03. The van der Waals surface area contributed by atoms with Gasteiger partial charge in [-0.3, -0.25) is 0 Å². The number of hydrogen-bond donors (Lipinski definition) is 0. The van der Waals surface area contributed by atoms with Crippen molar-refractivity contribution < 1.29 is 9.47 Å². The lowest BCUT2D eigenvalue weighted by atomic mass is 10.5. The molecule has 6 heteroatoms. The molecule has 0 fully saturated rings. The summed E-state index contributed by atoms with van der Waals surface area (Å²) in [5.41, 5.74) is 0. The molecule has 0 rings (SSSR count). The number of ether oxygens (including phenoxy) is 2. The Morgan fingerprint density at radius 3 is 1.54 bits per heavy atom. The fourth-order valence-electron chi connectivity index (χ4n) is 0.500. The fraction of sp³-hybridized carbons (Fsp3) is 1.00. The molecule has 0 saturated heterocycles. The van der Waals surface area contributed by atoms with E-state index in [1.807, 2.05) is 0 Å². The van der Waals surface area contributed by atoms with Crippen LogP contribution in [0.15, 0.2) is 0 Å². The number of alkyl halides is 4. The van der Waals surface area contributed by atoms with Crippen molar-refractivity contribution >= 4 is 63.7 Å². The lowest BCUT2D eigenvalue weighted by Gasteiger charge is -2.09. The first-order chi connectivity index (χ1) is 6.20. The van der Waals surface area contributed by atoms with Crippen LogP contribution in [0.3, 0.4) is 0 Å². The second-order valence-corrected chi connectivity index (χ2v) is 6.25. The monoisotopic (exact) mass is 444 g/mol. The second kappa shape index (κ2) is 10.4. The predicted molar refractivity (Wildman–Crippen MR) is 69.8 cm³/mol. The summed E-state index contributed by atoms with van der Waals surface area (Å²) in [5.74, 6) is 0. The van der Waals surface area contributed by atoms with Crippen LogP contribution < -0.4 is 0 Å². The zero-order valence-electron chi connectivity index (χ0n) is 7.02. The summed E-state index contributed by atoms with van der Waals surface area (Å²) in [5, 5.41) is 1.77. The summed E-state index contributed by atoms with van der Waals surface area (Å²) in [6.45, 7) is 1.67. The van der Waals surface area contributed by atoms with Gasteiger partial charge in [-0.25, -0.2) is 0 Å². The van der Waals surface area contributed by atoms with Crippen LogP contribution in [0, 0.1) is 0 Å². The third-order valence-electron chi connectivity index (χ3n) is 1.10. The SMILES string of the molecule is BrCC(Br)COCOCC(Br)CBr. The van der Waals surface area contributed by atoms with Crippen molar-refractivity contribution in [3.8, 4) is 0 Å². The van der Waals surface area contributed by atoms with E-state index < -0.39 is 0 Å². The van der Waals surface area contributed by atoms with E-state index in [4.69, 9.17) is 9.47 Å². The van der Waals surface area contributed by atoms with Crippen molar-refractivity contribution in [2.75, 3.05) is 30.7 Å². The zero-order valence-corrected chi connectivity index (χ0v) is 13.4. The molecule has 0 N–H and O–H groups in total. The first-order valence-corrected chi connectivity index (χ1v) is 7.83. The summed E-state index contributed by atoms with van der Waals surface area (Å²) in [7, 11) is 0. The lowest BCUT2D eigenvalue weighted by Crippen LogP contribution is -2.15. The molecule has 0 aliphatic heterocycles. The van der Waals surface area contributed by atoms with Crippen LogP contribution in [-0.4, -0.2) is 40.3 Å². The van der Waals surface area contributed by atoms with Gasteiger partial charge in [-0.1, -0.05) is 63.7 Å². The molecule has 0 heterocycles. The van der Waals surface area contributed by atoms with Gasteiger partial charge in [-0.15, -0.1) is 0 Å². The number of hydrogen-bond acceptors (Lipinski definition) is 2. The lowest BCUT2D eigenvalue weighted by molar-refractivity contribution is -0.0498. The first kappa shape index (κ1) is 14.8. The summed E-state index contributed by atoms with van der Waals surface area (Å²) < 4.78 is 10.5. The van der Waals surface area contributed by atoms with Crippen LogP contribution in [0.4, 0.5) is 0 Å². The van der Waals surface area contributed by atoms with E-state index in [1.165, 1.54) is 0 Å². The molecule has 2 nitrogen and oxygen atoms in total. The normalized spacial score (nSPS) is 15.7. The van der Waals surface area contributed by atoms with E-state index in [1.54, 1.807) is 0 Å². The van der Waals surface area contributed by atoms with Gasteiger partial charge < -0.3 is 9.47 Å². The maximum atomic E-state index is 5.25. The summed E-state index contributed by atoms with van der Waals surface area (Å²) in [6, 6.07) is 0. The molecule has 0 aliphatic rings. The first-order valence-electron chi connectivity index (χ1n) is 3.76. The predicted octanol–water partition coefficient (Wildman–Crippen LogP) is 3.29. The molecule has 0 amide bonds. The van der Waals surface area contributed by atoms with Crippen LogP contribution in [0.2, 0.25) is 0 Å². The minimum atomic E-state index is 0.351. The average molecular weight is 448 g/mol. The average Bonchev–Trinajstić information content (AvgIpc) is 2.16. The van der Waals surface area contributed by atoms with E-state index in [0.29, 0.717) is 29.7 Å². The van der Waals surface area contributed by atoms with Gasteiger partial charge in [-0.2, -0.15) is 0 Å². The van der Waals surface area contributed by atoms with Crippen molar-refractivity contribution in [3.05, 3.63) is 0 Å². The van der Waals surface area contributed by atoms with Crippen LogP contribution in [-0.2, 0) is 9.47 Å². The van der Waals surface area contributed by atoms with Crippen molar-refractivity contribution in [3.63, 3.8) is 0 Å². The van der Waals surface area contributed by atoms with E-state index in [2.05, 4.69) is 63.7 Å². The topological polar surface area (TPSA) is 18.5 Å². The molecule has 0 aliphatic carbocycles. The molecule has 0 saturated carbocycles. The van der Waals surface area contributed by atoms with Crippen LogP contribution in [0.25, 0.3) is 0 Å². The minimum absolute atomic E-state index is 0.351. The van der Waals surface area contributed by atoms with Gasteiger partial charge in [0.05, 0.1) is 13.2 Å². The molecular weight excluding hydrogens is 436 g/mol. The Balaban J connectivity index is 3.08. The molecule has 0 aromatic rings. The highest BCUT2D eigenvalue weighted by molar-refractivity contribution is 9.12. The maximum Gasteiger partial charge on any atom is 0.146 e. The molecule has 0 aromatic carbocycles. The Hall–Kier alpha value is 1.84. The van der Waals surface area contributed by atoms with Crippen LogP contribution >= 0.6 is 63.7 Å². The Bertz CT molecular complexity index is 103. The van der Waals surface area contributed by atoms with Crippen molar-refractivity contribution in [2.24, 2.45) is 0 Å². The highest BCUT2D eigenvalue weighted by atomic mass is 79.9. The standard InChI is InChI=1S/C7H12Br4O2/c8-1-6(10)3-12-5-13-4-7(11)2-9/h6-7H,1-5H2. The summed E-state index contributed by atoms with van der Waals surface area (Å²) in [4.78, 5) is 0.707. The summed E-state index contributed by atoms with van der Waals surface area (Å²) in [6.07, 6.45) is 0. The highest BCUT2D eigenvalue weighted by Crippen LogP contribution is 2.05. The minimum Gasteiger partial charge on any atom is -0.354 e. The van der Waals surface area contributed by atoms with Gasteiger partial charge in [0.2, 0.25) is 0 Å². The Labute approximate surface area is 113 Å². The smallest absolute Gasteiger partial charge is 0.146 e. The quantitative estimate of drug-likeness (QED) is 0.323. The molecule has 80 valence electrons. The van der Waals surface area contributed by atoms with Crippen molar-refractivity contribution in [1.82, 2.24) is 0 Å². The molecule has 0 radical (unpaired) electrons. The van der Waals surface area contributed by atoms with Crippen LogP contribution in [0.5, 0.6) is 0 Å². The van der Waals surface area contributed by atoms with Crippen molar-refractivity contribution in [2.45, 2.75) is 9.65 Å². The maximum absolute atomic E-state index is 5.25. The van der Waals surface area contributed by atoms with Gasteiger partial charge in [0, 0.05) is 20.3 Å². The molecule has 2 unspecified atom stereocenters. The number of halogens is 4. The van der Waals surface area contributed by atoms with Gasteiger partial charge in [0.15, 0.2) is 0 Å². The second-order valence-electron chi connectivity index (χ2n) is 2.36. The van der Waals surface area contributed by atoms with Gasteiger partial charge in [0.25, 0.3) is 0 Å². The Kier molecular flexibility index (Phi) is 11.8. The molecule has 2 atom stereocenters. The van der Waals surface area contributed by atoms with Crippen LogP contribution in [0.1, 0.15) is 0 Å². The van der Waals surface area contributed by atoms with Gasteiger partial charge >= 0.3 is 0 Å². The van der Waals surface area contributed by atoms with E-state index >= 15 is 0 Å². The Morgan fingerprint density at radius 2 is 1.23 bits per heavy atom. The van der Waals surface area contributed by atoms with Gasteiger partial charge in [0.1, 0.15) is 6.79 Å². The van der Waals surface area contributed by atoms with Gasteiger partial charge in [-0.05, 0) is 0 Å².